The minimum Gasteiger partial charge on any atom is -0.490 e. The zero-order valence-corrected chi connectivity index (χ0v) is 26.3. The lowest BCUT2D eigenvalue weighted by molar-refractivity contribution is 0.0400. The highest BCUT2D eigenvalue weighted by atomic mass is 16.5. The third-order valence-electron chi connectivity index (χ3n) is 9.10. The van der Waals surface area contributed by atoms with Gasteiger partial charge < -0.3 is 14.3 Å². The minimum absolute atomic E-state index is 0.215. The maximum Gasteiger partial charge on any atom is 0.248 e. The first-order valence-electron chi connectivity index (χ1n) is 16.2. The first-order valence-corrected chi connectivity index (χ1v) is 16.2. The van der Waals surface area contributed by atoms with Crippen LogP contribution in [0.1, 0.15) is 45.3 Å². The van der Waals surface area contributed by atoms with Crippen LogP contribution in [0.5, 0.6) is 5.75 Å². The Balaban J connectivity index is 0.943. The van der Waals surface area contributed by atoms with Crippen LogP contribution in [-0.2, 0) is 12.8 Å². The number of aliphatic hydroxyl groups is 1. The summed E-state index contributed by atoms with van der Waals surface area (Å²) in [5.41, 5.74) is 8.73. The molecule has 4 aromatic carbocycles. The number of aryl methyl sites for hydroxylation is 3. The van der Waals surface area contributed by atoms with Gasteiger partial charge in [-0.05, 0) is 66.3 Å². The van der Waals surface area contributed by atoms with Crippen LogP contribution in [0.2, 0.25) is 0 Å². The summed E-state index contributed by atoms with van der Waals surface area (Å²) in [5.74, 6) is 1.60. The van der Waals surface area contributed by atoms with E-state index in [4.69, 9.17) is 9.15 Å². The molecule has 1 unspecified atom stereocenters. The SMILES string of the molecule is Cc1ccc(-c2nnc(/C=C/c3ccccc3OCC(O)CN3CCN(C4c5ccccc5CCc5ccccc54)CC3)o2)cc1. The van der Waals surface area contributed by atoms with Gasteiger partial charge in [-0.2, -0.15) is 0 Å². The number of piperazine rings is 1. The molecule has 5 aromatic rings. The molecule has 46 heavy (non-hydrogen) atoms. The van der Waals surface area contributed by atoms with E-state index in [1.807, 2.05) is 61.5 Å². The van der Waals surface area contributed by atoms with E-state index in [2.05, 4.69) is 68.5 Å². The fourth-order valence-electron chi connectivity index (χ4n) is 6.65. The number of β-amino-alcohol motifs (C(OH)–C–C–N with tert-alkyl or cyclic N) is 1. The van der Waals surface area contributed by atoms with Crippen molar-refractivity contribution in [3.8, 4) is 17.2 Å². The van der Waals surface area contributed by atoms with E-state index in [1.165, 1.54) is 27.8 Å². The minimum atomic E-state index is -0.601. The summed E-state index contributed by atoms with van der Waals surface area (Å²) in [6.45, 7) is 6.56. The van der Waals surface area contributed by atoms with Crippen molar-refractivity contribution in [3.63, 3.8) is 0 Å². The van der Waals surface area contributed by atoms with Gasteiger partial charge in [-0.3, -0.25) is 9.80 Å². The van der Waals surface area contributed by atoms with Crippen LogP contribution in [0, 0.1) is 6.92 Å². The average Bonchev–Trinajstić information content (AvgIpc) is 3.50. The second kappa shape index (κ2) is 13.8. The second-order valence-corrected chi connectivity index (χ2v) is 12.3. The number of aromatic nitrogens is 2. The quantitative estimate of drug-likeness (QED) is 0.205. The summed E-state index contributed by atoms with van der Waals surface area (Å²) in [6.07, 6.45) is 5.25. The van der Waals surface area contributed by atoms with Gasteiger partial charge >= 0.3 is 0 Å². The number of benzene rings is 4. The lowest BCUT2D eigenvalue weighted by Gasteiger charge is -2.40. The Labute approximate surface area is 270 Å². The Kier molecular flexibility index (Phi) is 9.05. The Hall–Kier alpha value is -4.56. The molecule has 7 rings (SSSR count). The Morgan fingerprint density at radius 3 is 2.17 bits per heavy atom. The fraction of sp³-hybridized carbons (Fsp3) is 0.282. The maximum atomic E-state index is 11.0. The molecule has 0 spiro atoms. The van der Waals surface area contributed by atoms with Crippen molar-refractivity contribution in [2.24, 2.45) is 0 Å². The summed E-state index contributed by atoms with van der Waals surface area (Å²) in [6, 6.07) is 33.9. The Bertz CT molecular complexity index is 1740. The number of hydrogen-bond acceptors (Lipinski definition) is 7. The molecule has 1 N–H and O–H groups in total. The molecule has 1 aliphatic heterocycles. The van der Waals surface area contributed by atoms with Gasteiger partial charge in [0.2, 0.25) is 11.8 Å². The number of ether oxygens (including phenoxy) is 1. The summed E-state index contributed by atoms with van der Waals surface area (Å²) >= 11 is 0. The van der Waals surface area contributed by atoms with E-state index in [-0.39, 0.29) is 12.6 Å². The van der Waals surface area contributed by atoms with E-state index in [0.29, 0.717) is 24.1 Å². The average molecular weight is 613 g/mol. The van der Waals surface area contributed by atoms with Gasteiger partial charge in [0.1, 0.15) is 18.5 Å². The number of hydrogen-bond donors (Lipinski definition) is 1. The Morgan fingerprint density at radius 1 is 0.804 bits per heavy atom. The van der Waals surface area contributed by atoms with E-state index in [1.54, 1.807) is 6.08 Å². The second-order valence-electron chi connectivity index (χ2n) is 12.3. The number of para-hydroxylation sites is 1. The van der Waals surface area contributed by atoms with Crippen LogP contribution >= 0.6 is 0 Å². The number of fused-ring (bicyclic) bond motifs is 2. The van der Waals surface area contributed by atoms with E-state index >= 15 is 0 Å². The smallest absolute Gasteiger partial charge is 0.248 e. The van der Waals surface area contributed by atoms with Crippen LogP contribution in [0.25, 0.3) is 23.6 Å². The molecule has 0 saturated carbocycles. The monoisotopic (exact) mass is 612 g/mol. The normalized spacial score (nSPS) is 16.6. The molecule has 2 aliphatic rings. The largest absolute Gasteiger partial charge is 0.490 e. The molecule has 1 fully saturated rings. The first-order chi connectivity index (χ1) is 22.6. The number of nitrogens with zero attached hydrogens (tertiary/aromatic N) is 4. The van der Waals surface area contributed by atoms with Gasteiger partial charge in [0.15, 0.2) is 0 Å². The third kappa shape index (κ3) is 6.82. The van der Waals surface area contributed by atoms with Gasteiger partial charge in [-0.25, -0.2) is 0 Å². The van der Waals surface area contributed by atoms with Gasteiger partial charge in [0.05, 0.1) is 6.04 Å². The lowest BCUT2D eigenvalue weighted by Crippen LogP contribution is -2.50. The molecule has 7 nitrogen and oxygen atoms in total. The molecule has 0 radical (unpaired) electrons. The van der Waals surface area contributed by atoms with Crippen LogP contribution in [-0.4, -0.2) is 70.5 Å². The van der Waals surface area contributed by atoms with Crippen molar-refractivity contribution < 1.29 is 14.3 Å². The molecule has 1 saturated heterocycles. The van der Waals surface area contributed by atoms with Gasteiger partial charge in [-0.15, -0.1) is 10.2 Å². The third-order valence-corrected chi connectivity index (χ3v) is 9.10. The lowest BCUT2D eigenvalue weighted by atomic mass is 9.92. The summed E-state index contributed by atoms with van der Waals surface area (Å²) in [4.78, 5) is 4.98. The molecule has 1 atom stereocenters. The van der Waals surface area contributed by atoms with Crippen molar-refractivity contribution in [1.82, 2.24) is 20.0 Å². The highest BCUT2D eigenvalue weighted by molar-refractivity contribution is 5.70. The highest BCUT2D eigenvalue weighted by Gasteiger charge is 2.31. The number of rotatable bonds is 9. The van der Waals surface area contributed by atoms with Gasteiger partial charge in [0.25, 0.3) is 0 Å². The van der Waals surface area contributed by atoms with Crippen molar-refractivity contribution in [1.29, 1.82) is 0 Å². The standard InChI is InChI=1S/C39H40N4O3/c1-28-14-16-32(17-15-28)39-41-40-37(46-39)21-20-31-10-4-7-13-36(31)45-27-33(44)26-42-22-24-43(25-23-42)38-34-11-5-2-8-29(34)18-19-30-9-3-6-12-35(30)38/h2-17,20-21,33,38,44H,18-19,22-27H2,1H3/b21-20+. The van der Waals surface area contributed by atoms with Crippen molar-refractivity contribution in [2.45, 2.75) is 31.9 Å². The van der Waals surface area contributed by atoms with Crippen LogP contribution in [0.4, 0.5) is 0 Å². The van der Waals surface area contributed by atoms with Gasteiger partial charge in [0, 0.05) is 49.9 Å². The molecule has 1 aliphatic carbocycles. The van der Waals surface area contributed by atoms with Crippen LogP contribution < -0.4 is 4.74 Å². The predicted molar refractivity (Wildman–Crippen MR) is 181 cm³/mol. The molecular weight excluding hydrogens is 572 g/mol. The van der Waals surface area contributed by atoms with Crippen LogP contribution in [0.3, 0.4) is 0 Å². The Morgan fingerprint density at radius 2 is 1.46 bits per heavy atom. The van der Waals surface area contributed by atoms with E-state index in [9.17, 15) is 5.11 Å². The summed E-state index contributed by atoms with van der Waals surface area (Å²) < 4.78 is 12.0. The van der Waals surface area contributed by atoms with Crippen molar-refractivity contribution >= 4 is 12.2 Å². The van der Waals surface area contributed by atoms with Crippen molar-refractivity contribution in [3.05, 3.63) is 136 Å². The molecule has 234 valence electrons. The van der Waals surface area contributed by atoms with Gasteiger partial charge in [-0.1, -0.05) is 84.4 Å². The first kappa shape index (κ1) is 30.1. The van der Waals surface area contributed by atoms with Crippen LogP contribution in [0.15, 0.2) is 101 Å². The fourth-order valence-corrected chi connectivity index (χ4v) is 6.65. The molecule has 0 amide bonds. The van der Waals surface area contributed by atoms with E-state index in [0.717, 1.165) is 50.1 Å². The number of aliphatic hydroxyl groups excluding tert-OH is 1. The molecule has 1 aromatic heterocycles. The highest BCUT2D eigenvalue weighted by Crippen LogP contribution is 2.37. The summed E-state index contributed by atoms with van der Waals surface area (Å²) in [7, 11) is 0. The molecular formula is C39H40N4O3. The molecule has 2 heterocycles. The summed E-state index contributed by atoms with van der Waals surface area (Å²) in [5, 5.41) is 19.3. The zero-order valence-electron chi connectivity index (χ0n) is 26.3. The zero-order chi connectivity index (χ0) is 31.3. The predicted octanol–water partition coefficient (Wildman–Crippen LogP) is 6.46. The maximum absolute atomic E-state index is 11.0. The topological polar surface area (TPSA) is 74.9 Å². The van der Waals surface area contributed by atoms with E-state index < -0.39 is 6.10 Å². The molecule has 0 bridgehead atoms. The molecule has 7 heteroatoms. The van der Waals surface area contributed by atoms with Crippen molar-refractivity contribution in [2.75, 3.05) is 39.3 Å².